The van der Waals surface area contributed by atoms with Crippen molar-refractivity contribution in [2.75, 3.05) is 0 Å². The molecule has 3 heterocycles. The van der Waals surface area contributed by atoms with Crippen LogP contribution in [0.4, 0.5) is 0 Å². The molecule has 0 N–H and O–H groups in total. The number of furan rings is 1. The lowest BCUT2D eigenvalue weighted by Crippen LogP contribution is -2.00. The summed E-state index contributed by atoms with van der Waals surface area (Å²) in [5.74, 6) is 1.92. The van der Waals surface area contributed by atoms with Gasteiger partial charge in [0.05, 0.1) is 0 Å². The first-order chi connectivity index (χ1) is 26.7. The van der Waals surface area contributed by atoms with Crippen LogP contribution in [0.1, 0.15) is 0 Å². The van der Waals surface area contributed by atoms with E-state index in [4.69, 9.17) is 19.4 Å². The van der Waals surface area contributed by atoms with E-state index >= 15 is 0 Å². The minimum atomic E-state index is 0.628. The molecule has 0 saturated heterocycles. The van der Waals surface area contributed by atoms with Crippen molar-refractivity contribution in [3.05, 3.63) is 176 Å². The summed E-state index contributed by atoms with van der Waals surface area (Å²) >= 11 is 1.80. The summed E-state index contributed by atoms with van der Waals surface area (Å²) in [7, 11) is 0. The highest BCUT2D eigenvalue weighted by Gasteiger charge is 2.18. The van der Waals surface area contributed by atoms with Crippen LogP contribution in [0.3, 0.4) is 0 Å². The van der Waals surface area contributed by atoms with Crippen LogP contribution in [-0.4, -0.2) is 15.0 Å². The highest BCUT2D eigenvalue weighted by molar-refractivity contribution is 7.25. The van der Waals surface area contributed by atoms with Crippen LogP contribution in [0.2, 0.25) is 0 Å². The van der Waals surface area contributed by atoms with E-state index in [0.717, 1.165) is 60.7 Å². The van der Waals surface area contributed by atoms with Crippen molar-refractivity contribution in [2.24, 2.45) is 0 Å². The lowest BCUT2D eigenvalue weighted by Gasteiger charge is -2.11. The predicted molar refractivity (Wildman–Crippen MR) is 225 cm³/mol. The molecule has 11 rings (SSSR count). The Bertz CT molecular complexity index is 3200. The van der Waals surface area contributed by atoms with Gasteiger partial charge in [0.15, 0.2) is 17.5 Å². The SMILES string of the molecule is c1ccc(-c2ccc(-c3nc(-c4ccc(-c5cccc6oc7c8ccccc8ccc7c56)cc4)nc(-c4cccc5sc6ccccc6c45)n3)cc2)cc1. The van der Waals surface area contributed by atoms with Gasteiger partial charge in [0.2, 0.25) is 0 Å². The normalized spacial score (nSPS) is 11.7. The molecule has 0 radical (unpaired) electrons. The number of hydrogen-bond donors (Lipinski definition) is 0. The Morgan fingerprint density at radius 3 is 1.74 bits per heavy atom. The molecular formula is C49H29N3OS. The van der Waals surface area contributed by atoms with Crippen LogP contribution in [-0.2, 0) is 0 Å². The van der Waals surface area contributed by atoms with Crippen LogP contribution < -0.4 is 0 Å². The van der Waals surface area contributed by atoms with Crippen molar-refractivity contribution in [1.82, 2.24) is 15.0 Å². The molecule has 3 aromatic heterocycles. The number of nitrogens with zero attached hydrogens (tertiary/aromatic N) is 3. The van der Waals surface area contributed by atoms with Gasteiger partial charge >= 0.3 is 0 Å². The molecule has 0 aliphatic rings. The number of thiophene rings is 1. The van der Waals surface area contributed by atoms with Gasteiger partial charge in [-0.3, -0.25) is 0 Å². The van der Waals surface area contributed by atoms with Crippen molar-refractivity contribution < 1.29 is 4.42 Å². The molecule has 8 aromatic carbocycles. The fourth-order valence-electron chi connectivity index (χ4n) is 7.75. The molecule has 0 aliphatic heterocycles. The first kappa shape index (κ1) is 30.7. The van der Waals surface area contributed by atoms with Gasteiger partial charge in [-0.2, -0.15) is 0 Å². The molecule has 0 spiro atoms. The topological polar surface area (TPSA) is 51.8 Å². The first-order valence-corrected chi connectivity index (χ1v) is 18.8. The molecule has 0 atom stereocenters. The minimum Gasteiger partial charge on any atom is -0.455 e. The van der Waals surface area contributed by atoms with Crippen LogP contribution in [0, 0.1) is 0 Å². The Labute approximate surface area is 314 Å². The van der Waals surface area contributed by atoms with Crippen molar-refractivity contribution >= 4 is 64.2 Å². The van der Waals surface area contributed by atoms with E-state index < -0.39 is 0 Å². The van der Waals surface area contributed by atoms with Crippen LogP contribution in [0.25, 0.3) is 109 Å². The second-order valence-corrected chi connectivity index (χ2v) is 14.6. The quantitative estimate of drug-likeness (QED) is 0.179. The molecular weight excluding hydrogens is 679 g/mol. The third kappa shape index (κ3) is 5.01. The molecule has 0 saturated carbocycles. The van der Waals surface area contributed by atoms with E-state index in [-0.39, 0.29) is 0 Å². The summed E-state index contributed by atoms with van der Waals surface area (Å²) in [5.41, 5.74) is 9.19. The monoisotopic (exact) mass is 707 g/mol. The molecule has 5 heteroatoms. The maximum absolute atomic E-state index is 6.49. The van der Waals surface area contributed by atoms with Crippen LogP contribution >= 0.6 is 11.3 Å². The number of aromatic nitrogens is 3. The minimum absolute atomic E-state index is 0.628. The second-order valence-electron chi connectivity index (χ2n) is 13.5. The van der Waals surface area contributed by atoms with E-state index in [0.29, 0.717) is 17.5 Å². The summed E-state index contributed by atoms with van der Waals surface area (Å²) in [5, 5.41) is 6.90. The van der Waals surface area contributed by atoms with Gasteiger partial charge in [0, 0.05) is 53.0 Å². The number of fused-ring (bicyclic) bond motifs is 8. The third-order valence-corrected chi connectivity index (χ3v) is 11.5. The summed E-state index contributed by atoms with van der Waals surface area (Å²) < 4.78 is 8.95. The highest BCUT2D eigenvalue weighted by atomic mass is 32.1. The Balaban J connectivity index is 1.05. The molecule has 11 aromatic rings. The summed E-state index contributed by atoms with van der Waals surface area (Å²) in [6.45, 7) is 0. The van der Waals surface area contributed by atoms with Gasteiger partial charge in [-0.25, -0.2) is 15.0 Å². The highest BCUT2D eigenvalue weighted by Crippen LogP contribution is 2.41. The van der Waals surface area contributed by atoms with Crippen LogP contribution in [0.5, 0.6) is 0 Å². The fraction of sp³-hybridized carbons (Fsp3) is 0. The predicted octanol–water partition coefficient (Wildman–Crippen LogP) is 13.6. The van der Waals surface area contributed by atoms with E-state index in [9.17, 15) is 0 Å². The zero-order chi connectivity index (χ0) is 35.6. The van der Waals surface area contributed by atoms with Gasteiger partial charge in [0.1, 0.15) is 11.2 Å². The molecule has 54 heavy (non-hydrogen) atoms. The lowest BCUT2D eigenvalue weighted by molar-refractivity contribution is 0.673. The molecule has 0 aliphatic carbocycles. The molecule has 4 nitrogen and oxygen atoms in total. The summed E-state index contributed by atoms with van der Waals surface area (Å²) in [6, 6.07) is 61.5. The Kier molecular flexibility index (Phi) is 7.00. The van der Waals surface area contributed by atoms with Gasteiger partial charge in [0.25, 0.3) is 0 Å². The van der Waals surface area contributed by atoms with Gasteiger partial charge in [-0.05, 0) is 51.9 Å². The van der Waals surface area contributed by atoms with Crippen molar-refractivity contribution in [2.45, 2.75) is 0 Å². The van der Waals surface area contributed by atoms with Gasteiger partial charge in [-0.15, -0.1) is 11.3 Å². The lowest BCUT2D eigenvalue weighted by atomic mass is 9.97. The second kappa shape index (κ2) is 12.3. The van der Waals surface area contributed by atoms with Crippen molar-refractivity contribution in [1.29, 1.82) is 0 Å². The average molecular weight is 708 g/mol. The molecule has 252 valence electrons. The number of hydrogen-bond acceptors (Lipinski definition) is 5. The van der Waals surface area contributed by atoms with Crippen molar-refractivity contribution in [3.63, 3.8) is 0 Å². The van der Waals surface area contributed by atoms with E-state index in [1.807, 2.05) is 6.07 Å². The molecule has 0 unspecified atom stereocenters. The van der Waals surface area contributed by atoms with E-state index in [1.165, 1.54) is 31.1 Å². The molecule has 0 fully saturated rings. The first-order valence-electron chi connectivity index (χ1n) is 18.0. The largest absolute Gasteiger partial charge is 0.455 e. The maximum atomic E-state index is 6.49. The van der Waals surface area contributed by atoms with Crippen molar-refractivity contribution in [3.8, 4) is 56.4 Å². The number of benzene rings is 8. The Hall–Kier alpha value is -6.95. The molecule has 0 amide bonds. The van der Waals surface area contributed by atoms with Gasteiger partial charge in [-0.1, -0.05) is 152 Å². The summed E-state index contributed by atoms with van der Waals surface area (Å²) in [6.07, 6.45) is 0. The standard InChI is InChI=1S/C49H29N3OS/c1-2-10-30(11-3-1)31-20-24-34(25-21-31)47-50-48(52-49(51-47)40-16-9-19-43-45(40)38-14-6-7-18-42(38)54-43)35-26-22-33(23-27-35)36-15-8-17-41-44(36)39-29-28-32-12-4-5-13-37(32)46(39)53-41/h1-29H. The Morgan fingerprint density at radius 1 is 0.352 bits per heavy atom. The molecule has 0 bridgehead atoms. The van der Waals surface area contributed by atoms with Gasteiger partial charge < -0.3 is 4.42 Å². The van der Waals surface area contributed by atoms with Crippen LogP contribution in [0.15, 0.2) is 180 Å². The van der Waals surface area contributed by atoms with E-state index in [1.54, 1.807) is 11.3 Å². The summed E-state index contributed by atoms with van der Waals surface area (Å²) in [4.78, 5) is 15.4. The van der Waals surface area contributed by atoms with E-state index in [2.05, 4.69) is 170 Å². The average Bonchev–Trinajstić information content (AvgIpc) is 3.83. The number of rotatable bonds is 5. The zero-order valence-electron chi connectivity index (χ0n) is 28.9. The zero-order valence-corrected chi connectivity index (χ0v) is 29.7. The maximum Gasteiger partial charge on any atom is 0.164 e. The third-order valence-electron chi connectivity index (χ3n) is 10.4. The fourth-order valence-corrected chi connectivity index (χ4v) is 8.88. The Morgan fingerprint density at radius 2 is 0.944 bits per heavy atom. The smallest absolute Gasteiger partial charge is 0.164 e.